The number of rotatable bonds is 5. The Kier molecular flexibility index (Phi) is 7.40. The molecule has 0 saturated heterocycles. The van der Waals surface area contributed by atoms with Crippen LogP contribution in [0.3, 0.4) is 0 Å². The van der Waals surface area contributed by atoms with Crippen molar-refractivity contribution in [3.05, 3.63) is 151 Å². The van der Waals surface area contributed by atoms with Crippen LogP contribution in [0.4, 0.5) is 11.5 Å². The molecule has 0 atom stereocenters. The number of anilines is 2. The van der Waals surface area contributed by atoms with E-state index in [1.165, 1.54) is 22.2 Å². The molecule has 0 fully saturated rings. The van der Waals surface area contributed by atoms with Gasteiger partial charge in [0.25, 0.3) is 0 Å². The summed E-state index contributed by atoms with van der Waals surface area (Å²) >= 11 is 0. The molecule has 0 aliphatic carbocycles. The number of para-hydroxylation sites is 1. The molecule has 0 radical (unpaired) electrons. The van der Waals surface area contributed by atoms with Crippen molar-refractivity contribution < 1.29 is 30.5 Å². The molecule has 2 aliphatic rings. The van der Waals surface area contributed by atoms with Crippen molar-refractivity contribution in [2.45, 2.75) is 38.5 Å². The van der Waals surface area contributed by atoms with Crippen LogP contribution in [0.25, 0.3) is 38.6 Å². The molecule has 52 heavy (non-hydrogen) atoms. The predicted octanol–water partition coefficient (Wildman–Crippen LogP) is 9.59. The van der Waals surface area contributed by atoms with Gasteiger partial charge in [-0.25, -0.2) is 4.98 Å². The van der Waals surface area contributed by atoms with Crippen molar-refractivity contribution in [3.8, 4) is 28.5 Å². The summed E-state index contributed by atoms with van der Waals surface area (Å²) < 4.78 is 15.4. The summed E-state index contributed by atoms with van der Waals surface area (Å²) in [6.07, 6.45) is 1.78. The molecule has 0 spiro atoms. The standard InChI is InChI=1S/C44H33BN4O2.Pt/c1-43(2)36-21-12-20-34-33-24-23-32(27-35(33)41-47-38(28-14-7-5-8-15-28)40(44(43,3)4)48(41)39(34)36)50-31-19-11-18-30(26-31)49-42-37(22-13-25-46-42)51-45(49)29-16-9-6-10-17-29;/h5-25H,1-4H3;/q-2;+2. The molecule has 0 saturated carbocycles. The van der Waals surface area contributed by atoms with Crippen molar-refractivity contribution in [3.63, 3.8) is 0 Å². The molecule has 0 N–H and O–H groups in total. The summed E-state index contributed by atoms with van der Waals surface area (Å²) in [7, 11) is -0.387. The van der Waals surface area contributed by atoms with Crippen LogP contribution in [0.1, 0.15) is 39.0 Å². The van der Waals surface area contributed by atoms with Crippen LogP contribution in [-0.2, 0) is 31.9 Å². The topological polar surface area (TPSA) is 51.9 Å². The zero-order valence-electron chi connectivity index (χ0n) is 29.1. The summed E-state index contributed by atoms with van der Waals surface area (Å²) in [5, 5.41) is 3.20. The van der Waals surface area contributed by atoms with Crippen molar-refractivity contribution in [1.82, 2.24) is 14.4 Å². The molecule has 2 aliphatic heterocycles. The van der Waals surface area contributed by atoms with Gasteiger partial charge in [0.1, 0.15) is 5.75 Å². The largest absolute Gasteiger partial charge is 2.00 e. The summed E-state index contributed by atoms with van der Waals surface area (Å²) in [5.74, 6) is 2.62. The molecular formula is C44H33BN4O2Pt. The first kappa shape index (κ1) is 32.5. The van der Waals surface area contributed by atoms with E-state index in [1.807, 2.05) is 54.6 Å². The Morgan fingerprint density at radius 3 is 2.27 bits per heavy atom. The Morgan fingerprint density at radius 1 is 0.712 bits per heavy atom. The fourth-order valence-corrected chi connectivity index (χ4v) is 8.02. The zero-order valence-corrected chi connectivity index (χ0v) is 31.4. The van der Waals surface area contributed by atoms with Gasteiger partial charge in [0.05, 0.1) is 11.3 Å². The molecule has 8 heteroatoms. The molecule has 5 aromatic carbocycles. The second-order valence-corrected chi connectivity index (χ2v) is 14.5. The molecule has 254 valence electrons. The SMILES string of the molecule is CC1(C)c2cccc3c4ccc(Oc5[c-]c(N6B(c7ccccc7)Oc7cccnc76)ccc5)[c-]c4c4nc(-c5ccccc5)c(n4c23)C1(C)C.[Pt+2]. The van der Waals surface area contributed by atoms with Crippen LogP contribution in [-0.4, -0.2) is 21.4 Å². The molecule has 5 heterocycles. The van der Waals surface area contributed by atoms with E-state index in [0.717, 1.165) is 50.4 Å². The van der Waals surface area contributed by atoms with E-state index in [2.05, 4.69) is 121 Å². The third kappa shape index (κ3) is 4.61. The third-order valence-electron chi connectivity index (χ3n) is 11.2. The maximum Gasteiger partial charge on any atom is 2.00 e. The van der Waals surface area contributed by atoms with E-state index < -0.39 is 0 Å². The number of hydrogen-bond acceptors (Lipinski definition) is 5. The van der Waals surface area contributed by atoms with Crippen LogP contribution in [0.2, 0.25) is 0 Å². The van der Waals surface area contributed by atoms with Gasteiger partial charge in [-0.3, -0.25) is 4.98 Å². The first-order chi connectivity index (χ1) is 24.8. The molecule has 6 nitrogen and oxygen atoms in total. The number of imidazole rings is 1. The molecular weight excluding hydrogens is 822 g/mol. The first-order valence-electron chi connectivity index (χ1n) is 17.4. The maximum atomic E-state index is 6.57. The molecule has 0 bridgehead atoms. The minimum Gasteiger partial charge on any atom is -0.535 e. The van der Waals surface area contributed by atoms with E-state index in [1.54, 1.807) is 6.20 Å². The Bertz CT molecular complexity index is 2680. The van der Waals surface area contributed by atoms with Crippen LogP contribution >= 0.6 is 0 Å². The van der Waals surface area contributed by atoms with Gasteiger partial charge in [-0.2, -0.15) is 6.07 Å². The van der Waals surface area contributed by atoms with E-state index >= 15 is 0 Å². The zero-order chi connectivity index (χ0) is 34.5. The van der Waals surface area contributed by atoms with Gasteiger partial charge in [-0.05, 0) is 28.5 Å². The van der Waals surface area contributed by atoms with E-state index in [4.69, 9.17) is 14.4 Å². The van der Waals surface area contributed by atoms with E-state index in [9.17, 15) is 0 Å². The van der Waals surface area contributed by atoms with Gasteiger partial charge in [0, 0.05) is 45.3 Å². The molecule has 0 unspecified atom stereocenters. The summed E-state index contributed by atoms with van der Waals surface area (Å²) in [6.45, 7) is 9.43. The predicted molar refractivity (Wildman–Crippen MR) is 205 cm³/mol. The van der Waals surface area contributed by atoms with Crippen LogP contribution in [0.15, 0.2) is 128 Å². The van der Waals surface area contributed by atoms with E-state index in [0.29, 0.717) is 11.5 Å². The molecule has 3 aromatic heterocycles. The minimum atomic E-state index is -0.387. The second kappa shape index (κ2) is 11.8. The number of aromatic nitrogens is 3. The van der Waals surface area contributed by atoms with Gasteiger partial charge >= 0.3 is 28.1 Å². The fraction of sp³-hybridized carbons (Fsp3) is 0.136. The Hall–Kier alpha value is -5.39. The summed E-state index contributed by atoms with van der Waals surface area (Å²) in [5.41, 5.74) is 8.20. The smallest absolute Gasteiger partial charge is 0.535 e. The third-order valence-corrected chi connectivity index (χ3v) is 11.2. The first-order valence-corrected chi connectivity index (χ1v) is 17.4. The van der Waals surface area contributed by atoms with Crippen molar-refractivity contribution >= 4 is 51.3 Å². The van der Waals surface area contributed by atoms with Gasteiger partial charge < -0.3 is 18.6 Å². The average molecular weight is 856 g/mol. The molecule has 10 rings (SSSR count). The fourth-order valence-electron chi connectivity index (χ4n) is 8.02. The van der Waals surface area contributed by atoms with Gasteiger partial charge in [-0.1, -0.05) is 129 Å². The number of nitrogens with zero attached hydrogens (tertiary/aromatic N) is 4. The Morgan fingerprint density at radius 2 is 1.46 bits per heavy atom. The second-order valence-electron chi connectivity index (χ2n) is 14.5. The van der Waals surface area contributed by atoms with Crippen molar-refractivity contribution in [1.29, 1.82) is 0 Å². The maximum absolute atomic E-state index is 6.57. The number of ether oxygens (including phenoxy) is 1. The number of hydrogen-bond donors (Lipinski definition) is 0. The number of benzene rings is 5. The molecule has 0 amide bonds. The van der Waals surface area contributed by atoms with Gasteiger partial charge in [0.15, 0.2) is 5.82 Å². The van der Waals surface area contributed by atoms with Crippen molar-refractivity contribution in [2.75, 3.05) is 4.81 Å². The van der Waals surface area contributed by atoms with Gasteiger partial charge in [-0.15, -0.1) is 30.3 Å². The van der Waals surface area contributed by atoms with Crippen LogP contribution in [0.5, 0.6) is 17.2 Å². The quantitative estimate of drug-likeness (QED) is 0.0982. The van der Waals surface area contributed by atoms with Crippen molar-refractivity contribution in [2.24, 2.45) is 0 Å². The van der Waals surface area contributed by atoms with E-state index in [-0.39, 0.29) is 38.9 Å². The summed E-state index contributed by atoms with van der Waals surface area (Å²) in [4.78, 5) is 12.2. The minimum absolute atomic E-state index is 0. The van der Waals surface area contributed by atoms with Crippen LogP contribution < -0.4 is 19.7 Å². The van der Waals surface area contributed by atoms with Gasteiger partial charge in [0.2, 0.25) is 0 Å². The Balaban J connectivity index is 0.00000360. The monoisotopic (exact) mass is 855 g/mol. The number of pyridine rings is 2. The molecule has 8 aromatic rings. The Labute approximate surface area is 317 Å². The van der Waals surface area contributed by atoms with Crippen LogP contribution in [0, 0.1) is 12.1 Å². The number of fused-ring (bicyclic) bond motifs is 4. The average Bonchev–Trinajstić information content (AvgIpc) is 3.76. The normalized spacial score (nSPS) is 15.2. The summed E-state index contributed by atoms with van der Waals surface area (Å²) in [6, 6.07) is 48.4.